The van der Waals surface area contributed by atoms with E-state index in [9.17, 15) is 14.9 Å². The van der Waals surface area contributed by atoms with Crippen LogP contribution in [-0.4, -0.2) is 32.9 Å². The lowest BCUT2D eigenvalue weighted by molar-refractivity contribution is -0.112. The summed E-state index contributed by atoms with van der Waals surface area (Å²) in [6.07, 6.45) is 7.85. The predicted molar refractivity (Wildman–Crippen MR) is 97.6 cm³/mol. The molecule has 134 valence electrons. The SMILES string of the molecule is CCOC(=O)c1ccc(NC(=O)/C(C#N)=C/c2cnc3cnccn23)cc1. The lowest BCUT2D eigenvalue weighted by atomic mass is 10.2. The Morgan fingerprint density at radius 2 is 2.07 bits per heavy atom. The molecule has 1 amide bonds. The topological polar surface area (TPSA) is 109 Å². The fourth-order valence-electron chi connectivity index (χ4n) is 2.37. The Bertz CT molecular complexity index is 1060. The van der Waals surface area contributed by atoms with Crippen LogP contribution in [-0.2, 0) is 9.53 Å². The number of rotatable bonds is 5. The van der Waals surface area contributed by atoms with Gasteiger partial charge in [-0.1, -0.05) is 0 Å². The summed E-state index contributed by atoms with van der Waals surface area (Å²) in [6.45, 7) is 2.01. The van der Waals surface area contributed by atoms with Crippen LogP contribution in [0.5, 0.6) is 0 Å². The molecule has 3 rings (SSSR count). The largest absolute Gasteiger partial charge is 0.462 e. The molecule has 0 saturated heterocycles. The fourth-order valence-corrected chi connectivity index (χ4v) is 2.37. The second-order valence-corrected chi connectivity index (χ2v) is 5.41. The second-order valence-electron chi connectivity index (χ2n) is 5.41. The van der Waals surface area contributed by atoms with Gasteiger partial charge in [0.15, 0.2) is 5.65 Å². The molecule has 0 fully saturated rings. The lowest BCUT2D eigenvalue weighted by Gasteiger charge is -2.06. The molecule has 2 heterocycles. The van der Waals surface area contributed by atoms with Crippen LogP contribution in [0.2, 0.25) is 0 Å². The summed E-state index contributed by atoms with van der Waals surface area (Å²) in [5.74, 6) is -1.000. The van der Waals surface area contributed by atoms with Crippen molar-refractivity contribution in [2.75, 3.05) is 11.9 Å². The monoisotopic (exact) mass is 361 g/mol. The Hall–Kier alpha value is -3.99. The molecule has 27 heavy (non-hydrogen) atoms. The molecule has 0 aliphatic heterocycles. The molecular formula is C19H15N5O3. The first-order valence-corrected chi connectivity index (χ1v) is 8.09. The number of hydrogen-bond donors (Lipinski definition) is 1. The summed E-state index contributed by atoms with van der Waals surface area (Å²) in [7, 11) is 0. The molecule has 8 heteroatoms. The number of nitriles is 1. The zero-order valence-corrected chi connectivity index (χ0v) is 14.4. The number of esters is 1. The third-order valence-electron chi connectivity index (χ3n) is 3.66. The normalized spacial score (nSPS) is 11.0. The number of carbonyl (C=O) groups excluding carboxylic acids is 2. The summed E-state index contributed by atoms with van der Waals surface area (Å²) >= 11 is 0. The molecule has 1 aromatic carbocycles. The van der Waals surface area contributed by atoms with Crippen molar-refractivity contribution in [3.8, 4) is 6.07 Å². The van der Waals surface area contributed by atoms with E-state index in [0.717, 1.165) is 0 Å². The first kappa shape index (κ1) is 17.8. The maximum Gasteiger partial charge on any atom is 0.338 e. The molecule has 0 saturated carbocycles. The van der Waals surface area contributed by atoms with Gasteiger partial charge in [-0.05, 0) is 37.3 Å². The van der Waals surface area contributed by atoms with Gasteiger partial charge in [-0.2, -0.15) is 5.26 Å². The van der Waals surface area contributed by atoms with E-state index in [4.69, 9.17) is 4.74 Å². The Labute approximate surface area is 154 Å². The highest BCUT2D eigenvalue weighted by Gasteiger charge is 2.12. The highest BCUT2D eigenvalue weighted by Crippen LogP contribution is 2.14. The van der Waals surface area contributed by atoms with Gasteiger partial charge in [0.2, 0.25) is 0 Å². The van der Waals surface area contributed by atoms with E-state index in [-0.39, 0.29) is 12.2 Å². The highest BCUT2D eigenvalue weighted by atomic mass is 16.5. The molecule has 2 aromatic heterocycles. The number of nitrogens with one attached hydrogen (secondary N) is 1. The van der Waals surface area contributed by atoms with Crippen LogP contribution in [0.15, 0.2) is 54.6 Å². The number of fused-ring (bicyclic) bond motifs is 1. The molecule has 0 unspecified atom stereocenters. The van der Waals surface area contributed by atoms with Crippen LogP contribution in [0.3, 0.4) is 0 Å². The van der Waals surface area contributed by atoms with Crippen LogP contribution < -0.4 is 5.32 Å². The summed E-state index contributed by atoms with van der Waals surface area (Å²) < 4.78 is 6.62. The van der Waals surface area contributed by atoms with Gasteiger partial charge in [-0.15, -0.1) is 0 Å². The number of anilines is 1. The van der Waals surface area contributed by atoms with E-state index in [1.54, 1.807) is 60.4 Å². The fraction of sp³-hybridized carbons (Fsp3) is 0.105. The van der Waals surface area contributed by atoms with Crippen LogP contribution in [0.1, 0.15) is 23.0 Å². The number of imidazole rings is 1. The number of carbonyl (C=O) groups is 2. The highest BCUT2D eigenvalue weighted by molar-refractivity contribution is 6.09. The number of aromatic nitrogens is 3. The molecule has 3 aromatic rings. The summed E-state index contributed by atoms with van der Waals surface area (Å²) in [5.41, 5.74) is 1.94. The number of ether oxygens (including phenoxy) is 1. The van der Waals surface area contributed by atoms with Crippen molar-refractivity contribution >= 4 is 29.3 Å². The van der Waals surface area contributed by atoms with Crippen molar-refractivity contribution in [1.29, 1.82) is 5.26 Å². The maximum absolute atomic E-state index is 12.4. The maximum atomic E-state index is 12.4. The van der Waals surface area contributed by atoms with Gasteiger partial charge >= 0.3 is 5.97 Å². The van der Waals surface area contributed by atoms with Crippen molar-refractivity contribution in [3.63, 3.8) is 0 Å². The van der Waals surface area contributed by atoms with E-state index < -0.39 is 11.9 Å². The molecule has 0 aliphatic rings. The van der Waals surface area contributed by atoms with Crippen molar-refractivity contribution < 1.29 is 14.3 Å². The second kappa shape index (κ2) is 7.93. The molecular weight excluding hydrogens is 346 g/mol. The molecule has 8 nitrogen and oxygen atoms in total. The Morgan fingerprint density at radius 3 is 2.78 bits per heavy atom. The van der Waals surface area contributed by atoms with Crippen LogP contribution in [0.4, 0.5) is 5.69 Å². The molecule has 0 spiro atoms. The lowest BCUT2D eigenvalue weighted by Crippen LogP contribution is -2.14. The van der Waals surface area contributed by atoms with Gasteiger partial charge in [0.25, 0.3) is 5.91 Å². The van der Waals surface area contributed by atoms with Gasteiger partial charge in [0.1, 0.15) is 11.6 Å². The Balaban J connectivity index is 1.78. The standard InChI is InChI=1S/C19H15N5O3/c1-2-27-19(26)13-3-5-15(6-4-13)23-18(25)14(10-20)9-16-11-22-17-12-21-7-8-24(16)17/h3-9,11-12H,2H2,1H3,(H,23,25)/b14-9+. The van der Waals surface area contributed by atoms with Gasteiger partial charge < -0.3 is 10.1 Å². The third-order valence-corrected chi connectivity index (χ3v) is 3.66. The van der Waals surface area contributed by atoms with E-state index in [1.807, 2.05) is 6.07 Å². The summed E-state index contributed by atoms with van der Waals surface area (Å²) in [4.78, 5) is 32.2. The van der Waals surface area contributed by atoms with Crippen molar-refractivity contribution in [1.82, 2.24) is 14.4 Å². The van der Waals surface area contributed by atoms with Gasteiger partial charge in [0, 0.05) is 18.1 Å². The van der Waals surface area contributed by atoms with Crippen molar-refractivity contribution in [2.45, 2.75) is 6.92 Å². The van der Waals surface area contributed by atoms with Gasteiger partial charge in [0.05, 0.1) is 30.3 Å². The average molecular weight is 361 g/mol. The quantitative estimate of drug-likeness (QED) is 0.425. The Morgan fingerprint density at radius 1 is 1.30 bits per heavy atom. The van der Waals surface area contributed by atoms with Crippen molar-refractivity contribution in [2.24, 2.45) is 0 Å². The van der Waals surface area contributed by atoms with Crippen LogP contribution >= 0.6 is 0 Å². The predicted octanol–water partition coefficient (Wildman–Crippen LogP) is 2.45. The first-order valence-electron chi connectivity index (χ1n) is 8.09. The van der Waals surface area contributed by atoms with E-state index in [2.05, 4.69) is 15.3 Å². The van der Waals surface area contributed by atoms with Gasteiger partial charge in [-0.25, -0.2) is 9.78 Å². The molecule has 0 aliphatic carbocycles. The number of benzene rings is 1. The van der Waals surface area contributed by atoms with E-state index in [1.165, 1.54) is 6.08 Å². The number of hydrogen-bond acceptors (Lipinski definition) is 6. The Kier molecular flexibility index (Phi) is 5.23. The molecule has 0 radical (unpaired) electrons. The molecule has 1 N–H and O–H groups in total. The molecule has 0 bridgehead atoms. The third kappa shape index (κ3) is 3.99. The van der Waals surface area contributed by atoms with E-state index >= 15 is 0 Å². The first-order chi connectivity index (χ1) is 13.1. The number of amides is 1. The van der Waals surface area contributed by atoms with Crippen LogP contribution in [0, 0.1) is 11.3 Å². The molecule has 0 atom stereocenters. The van der Waals surface area contributed by atoms with Crippen molar-refractivity contribution in [3.05, 3.63) is 65.9 Å². The minimum Gasteiger partial charge on any atom is -0.462 e. The summed E-state index contributed by atoms with van der Waals surface area (Å²) in [6, 6.07) is 8.11. The minimum atomic E-state index is -0.564. The smallest absolute Gasteiger partial charge is 0.338 e. The van der Waals surface area contributed by atoms with Gasteiger partial charge in [-0.3, -0.25) is 14.2 Å². The van der Waals surface area contributed by atoms with E-state index in [0.29, 0.717) is 22.6 Å². The zero-order valence-electron chi connectivity index (χ0n) is 14.4. The van der Waals surface area contributed by atoms with Crippen LogP contribution in [0.25, 0.3) is 11.7 Å². The minimum absolute atomic E-state index is 0.0805. The number of nitrogens with zero attached hydrogens (tertiary/aromatic N) is 4. The average Bonchev–Trinajstić information content (AvgIpc) is 3.09. The zero-order chi connectivity index (χ0) is 19.2. The summed E-state index contributed by atoms with van der Waals surface area (Å²) in [5, 5.41) is 12.0.